The van der Waals surface area contributed by atoms with Crippen LogP contribution in [-0.2, 0) is 19.2 Å². The largest absolute Gasteiger partial charge is 0.481 e. The molecule has 0 bridgehead atoms. The van der Waals surface area contributed by atoms with E-state index < -0.39 is 29.7 Å². The van der Waals surface area contributed by atoms with Crippen LogP contribution in [0.3, 0.4) is 0 Å². The second-order valence-electron chi connectivity index (χ2n) is 6.09. The number of aliphatic carboxylic acids is 1. The summed E-state index contributed by atoms with van der Waals surface area (Å²) in [5.74, 6) is -2.64. The molecule has 3 amide bonds. The molecular formula is C19H16N2O5S2. The molecule has 2 aliphatic rings. The van der Waals surface area contributed by atoms with Gasteiger partial charge in [0.05, 0.1) is 17.7 Å². The summed E-state index contributed by atoms with van der Waals surface area (Å²) in [6.45, 7) is -0.214. The van der Waals surface area contributed by atoms with E-state index in [1.54, 1.807) is 12.2 Å². The van der Waals surface area contributed by atoms with E-state index in [1.807, 2.05) is 36.4 Å². The van der Waals surface area contributed by atoms with Gasteiger partial charge in [-0.3, -0.25) is 29.0 Å². The third kappa shape index (κ3) is 4.20. The minimum Gasteiger partial charge on any atom is -0.481 e. The van der Waals surface area contributed by atoms with Crippen LogP contribution in [0.25, 0.3) is 6.08 Å². The lowest BCUT2D eigenvalue weighted by molar-refractivity contribution is -0.142. The number of carboxylic acid groups (broad SMARTS) is 1. The lowest BCUT2D eigenvalue weighted by Crippen LogP contribution is -2.44. The Hall–Kier alpha value is -2.78. The van der Waals surface area contributed by atoms with Gasteiger partial charge in [0.15, 0.2) is 0 Å². The van der Waals surface area contributed by atoms with Gasteiger partial charge in [0.2, 0.25) is 5.91 Å². The molecule has 0 radical (unpaired) electrons. The summed E-state index contributed by atoms with van der Waals surface area (Å²) in [4.78, 5) is 50.4. The van der Waals surface area contributed by atoms with Crippen molar-refractivity contribution in [1.82, 2.24) is 9.80 Å². The van der Waals surface area contributed by atoms with Crippen molar-refractivity contribution >= 4 is 58.1 Å². The predicted octanol–water partition coefficient (Wildman–Crippen LogP) is 2.05. The molecule has 0 aliphatic carbocycles. The van der Waals surface area contributed by atoms with E-state index >= 15 is 0 Å². The summed E-state index contributed by atoms with van der Waals surface area (Å²) < 4.78 is 0.204. The normalized spacial score (nSPS) is 21.6. The highest BCUT2D eigenvalue weighted by atomic mass is 32.2. The molecule has 2 aliphatic heterocycles. The number of hydrogen-bond donors (Lipinski definition) is 1. The van der Waals surface area contributed by atoms with E-state index in [1.165, 1.54) is 0 Å². The zero-order valence-corrected chi connectivity index (χ0v) is 16.2. The fraction of sp³-hybridized carbons (Fsp3) is 0.211. The van der Waals surface area contributed by atoms with Crippen molar-refractivity contribution in [2.75, 3.05) is 6.54 Å². The molecular weight excluding hydrogens is 400 g/mol. The molecule has 1 atom stereocenters. The molecule has 3 rings (SSSR count). The van der Waals surface area contributed by atoms with E-state index in [2.05, 4.69) is 0 Å². The van der Waals surface area contributed by atoms with Gasteiger partial charge in [0, 0.05) is 6.54 Å². The van der Waals surface area contributed by atoms with Crippen LogP contribution < -0.4 is 0 Å². The van der Waals surface area contributed by atoms with E-state index in [4.69, 9.17) is 17.3 Å². The first-order valence-corrected chi connectivity index (χ1v) is 9.65. The second kappa shape index (κ2) is 8.49. The number of hydrogen-bond acceptors (Lipinski definition) is 6. The number of carboxylic acids is 1. The van der Waals surface area contributed by atoms with Gasteiger partial charge >= 0.3 is 5.97 Å². The van der Waals surface area contributed by atoms with Gasteiger partial charge in [0.1, 0.15) is 10.4 Å². The maximum Gasteiger partial charge on any atom is 0.305 e. The molecule has 2 fully saturated rings. The van der Waals surface area contributed by atoms with Gasteiger partial charge in [-0.1, -0.05) is 66.5 Å². The highest BCUT2D eigenvalue weighted by Gasteiger charge is 2.48. The third-order valence-corrected chi connectivity index (χ3v) is 5.59. The van der Waals surface area contributed by atoms with Crippen LogP contribution in [0.1, 0.15) is 18.4 Å². The van der Waals surface area contributed by atoms with Crippen LogP contribution in [0.5, 0.6) is 0 Å². The maximum atomic E-state index is 12.7. The Balaban J connectivity index is 1.72. The predicted molar refractivity (Wildman–Crippen MR) is 108 cm³/mol. The first-order chi connectivity index (χ1) is 13.4. The number of carbonyl (C=O) groups excluding carboxylic acids is 3. The molecule has 144 valence electrons. The van der Waals surface area contributed by atoms with E-state index in [0.717, 1.165) is 27.1 Å². The number of benzene rings is 1. The molecule has 0 aromatic heterocycles. The molecule has 1 aromatic rings. The lowest BCUT2D eigenvalue weighted by Gasteiger charge is -2.21. The van der Waals surface area contributed by atoms with Gasteiger partial charge in [-0.2, -0.15) is 0 Å². The Morgan fingerprint density at radius 1 is 1.25 bits per heavy atom. The van der Waals surface area contributed by atoms with Crippen molar-refractivity contribution in [3.63, 3.8) is 0 Å². The number of likely N-dealkylation sites (tertiary alicyclic amines) is 1. The number of imide groups is 1. The standard InChI is InChI=1S/C19H16N2O5S2/c22-15-11-13(17(25)20(15)10-9-16(23)24)21-18(26)14(28-19(21)27)8-4-7-12-5-2-1-3-6-12/h1-8,13H,9-11H2,(H,23,24)/b7-4+,14-8-/t13-/m1/s1. The summed E-state index contributed by atoms with van der Waals surface area (Å²) in [5, 5.41) is 8.76. The Bertz CT molecular complexity index is 910. The minimum absolute atomic E-state index is 0.196. The van der Waals surface area contributed by atoms with Crippen molar-refractivity contribution in [2.45, 2.75) is 18.9 Å². The molecule has 0 saturated carbocycles. The van der Waals surface area contributed by atoms with Gasteiger partial charge in [0.25, 0.3) is 11.8 Å². The number of carbonyl (C=O) groups is 4. The molecule has 0 spiro atoms. The van der Waals surface area contributed by atoms with Crippen molar-refractivity contribution in [2.24, 2.45) is 0 Å². The summed E-state index contributed by atoms with van der Waals surface area (Å²) in [6, 6.07) is 8.53. The van der Waals surface area contributed by atoms with Gasteiger partial charge in [-0.15, -0.1) is 0 Å². The monoisotopic (exact) mass is 416 g/mol. The van der Waals surface area contributed by atoms with Crippen molar-refractivity contribution in [1.29, 1.82) is 0 Å². The zero-order valence-electron chi connectivity index (χ0n) is 14.6. The Labute approximate surface area is 170 Å². The fourth-order valence-electron chi connectivity index (χ4n) is 2.88. The average Bonchev–Trinajstić information content (AvgIpc) is 3.09. The second-order valence-corrected chi connectivity index (χ2v) is 7.77. The molecule has 1 N–H and O–H groups in total. The van der Waals surface area contributed by atoms with Crippen LogP contribution in [0.4, 0.5) is 0 Å². The Morgan fingerprint density at radius 2 is 1.96 bits per heavy atom. The molecule has 2 heterocycles. The molecule has 2 saturated heterocycles. The van der Waals surface area contributed by atoms with E-state index in [0.29, 0.717) is 4.91 Å². The summed E-state index contributed by atoms with van der Waals surface area (Å²) in [6.07, 6.45) is 4.65. The van der Waals surface area contributed by atoms with Crippen molar-refractivity contribution in [3.8, 4) is 0 Å². The van der Waals surface area contributed by atoms with Crippen LogP contribution in [0, 0.1) is 0 Å². The summed E-state index contributed by atoms with van der Waals surface area (Å²) in [7, 11) is 0. The number of nitrogens with zero attached hydrogens (tertiary/aromatic N) is 2. The van der Waals surface area contributed by atoms with Crippen LogP contribution in [-0.4, -0.2) is 55.5 Å². The van der Waals surface area contributed by atoms with Crippen LogP contribution in [0.2, 0.25) is 0 Å². The summed E-state index contributed by atoms with van der Waals surface area (Å²) in [5.41, 5.74) is 0.972. The molecule has 1 aromatic carbocycles. The number of thiocarbonyl (C=S) groups is 1. The quantitative estimate of drug-likeness (QED) is 0.431. The zero-order chi connectivity index (χ0) is 20.3. The van der Waals surface area contributed by atoms with E-state index in [9.17, 15) is 19.2 Å². The van der Waals surface area contributed by atoms with Gasteiger partial charge in [-0.05, 0) is 11.6 Å². The maximum absolute atomic E-state index is 12.7. The van der Waals surface area contributed by atoms with Crippen LogP contribution >= 0.6 is 24.0 Å². The molecule has 7 nitrogen and oxygen atoms in total. The lowest BCUT2D eigenvalue weighted by atomic mass is 10.2. The van der Waals surface area contributed by atoms with E-state index in [-0.39, 0.29) is 23.7 Å². The topological polar surface area (TPSA) is 95.0 Å². The Morgan fingerprint density at radius 3 is 2.64 bits per heavy atom. The van der Waals surface area contributed by atoms with Crippen molar-refractivity contribution < 1.29 is 24.3 Å². The minimum atomic E-state index is -1.11. The number of allylic oxidation sites excluding steroid dienone is 2. The Kier molecular flexibility index (Phi) is 6.05. The molecule has 0 unspecified atom stereocenters. The first kappa shape index (κ1) is 20.0. The molecule has 28 heavy (non-hydrogen) atoms. The fourth-order valence-corrected chi connectivity index (χ4v) is 4.19. The number of rotatable bonds is 6. The molecule has 9 heteroatoms. The SMILES string of the molecule is O=C(O)CCN1C(=O)C[C@@H](N2C(=O)/C(=C/C=C/c3ccccc3)SC2=S)C1=O. The van der Waals surface area contributed by atoms with Gasteiger partial charge in [-0.25, -0.2) is 0 Å². The van der Waals surface area contributed by atoms with Gasteiger partial charge < -0.3 is 5.11 Å². The smallest absolute Gasteiger partial charge is 0.305 e. The average molecular weight is 416 g/mol. The van der Waals surface area contributed by atoms with Crippen LogP contribution in [0.15, 0.2) is 47.4 Å². The van der Waals surface area contributed by atoms with Crippen molar-refractivity contribution in [3.05, 3.63) is 53.0 Å². The first-order valence-electron chi connectivity index (χ1n) is 8.43. The number of thioether (sulfide) groups is 1. The third-order valence-electron chi connectivity index (χ3n) is 4.24. The highest BCUT2D eigenvalue weighted by Crippen LogP contribution is 2.35. The highest BCUT2D eigenvalue weighted by molar-refractivity contribution is 8.26. The summed E-state index contributed by atoms with van der Waals surface area (Å²) >= 11 is 6.31. The number of amides is 3.